The second-order valence-electron chi connectivity index (χ2n) is 19.4. The van der Waals surface area contributed by atoms with Gasteiger partial charge in [-0.25, -0.2) is 0 Å². The van der Waals surface area contributed by atoms with Gasteiger partial charge in [0, 0.05) is 12.2 Å². The van der Waals surface area contributed by atoms with Crippen LogP contribution in [-0.4, -0.2) is 55.1 Å². The van der Waals surface area contributed by atoms with Gasteiger partial charge in [-0.15, -0.1) is 33.5 Å². The predicted octanol–water partition coefficient (Wildman–Crippen LogP) is 10.8. The van der Waals surface area contributed by atoms with E-state index in [1.54, 1.807) is 0 Å². The predicted molar refractivity (Wildman–Crippen MR) is 264 cm³/mol. The van der Waals surface area contributed by atoms with Crippen molar-refractivity contribution in [3.63, 3.8) is 0 Å². The van der Waals surface area contributed by atoms with E-state index in [-0.39, 0.29) is 40.7 Å². The molecule has 3 aromatic rings. The number of esters is 1. The Morgan fingerprint density at radius 2 is 1.50 bits per heavy atom. The molecule has 6 rings (SSSR count). The van der Waals surface area contributed by atoms with Crippen LogP contribution in [0.5, 0.6) is 0 Å². The number of methoxy groups -OCH3 is 1. The fraction of sp³-hybridized carbons (Fsp3) is 0.564. The van der Waals surface area contributed by atoms with Crippen LogP contribution >= 0.6 is 0 Å². The number of aromatic nitrogens is 3. The van der Waals surface area contributed by atoms with E-state index in [1.807, 2.05) is 19.1 Å². The van der Waals surface area contributed by atoms with Crippen LogP contribution in [0.1, 0.15) is 180 Å². The van der Waals surface area contributed by atoms with E-state index in [2.05, 4.69) is 87.1 Å². The molecule has 342 valence electrons. The number of Topliss-reactive ketones (excluding diaryl/α,β-unsaturated/α-hetero) is 1. The molecule has 5 atom stereocenters. The summed E-state index contributed by atoms with van der Waals surface area (Å²) in [5.41, 5.74) is 11.8. The molecule has 2 aliphatic heterocycles. The smallest absolute Gasteiger partial charge is 0.664 e. The quantitative estimate of drug-likeness (QED) is 0.0345. The van der Waals surface area contributed by atoms with Gasteiger partial charge in [-0.1, -0.05) is 157 Å². The molecule has 0 saturated carbocycles. The molecule has 3 aromatic heterocycles. The number of ether oxygens (including phenoxy) is 2. The van der Waals surface area contributed by atoms with Crippen molar-refractivity contribution >= 4 is 64.7 Å². The minimum atomic E-state index is -1.13. The molecule has 3 aliphatic rings. The van der Waals surface area contributed by atoms with Crippen LogP contribution in [0, 0.1) is 56.3 Å². The molecule has 8 nitrogen and oxygen atoms in total. The van der Waals surface area contributed by atoms with E-state index in [1.165, 1.54) is 64.0 Å². The zero-order valence-electron chi connectivity index (χ0n) is 41.1. The molecule has 0 aromatic carbocycles. The van der Waals surface area contributed by atoms with E-state index < -0.39 is 11.9 Å². The van der Waals surface area contributed by atoms with Crippen molar-refractivity contribution in [3.8, 4) is 0 Å². The van der Waals surface area contributed by atoms with Crippen molar-refractivity contribution in [2.75, 3.05) is 20.3 Å². The maximum absolute atomic E-state index is 14.4. The van der Waals surface area contributed by atoms with Crippen LogP contribution in [0.3, 0.4) is 0 Å². The summed E-state index contributed by atoms with van der Waals surface area (Å²) < 4.78 is 11.5. The van der Waals surface area contributed by atoms with Gasteiger partial charge in [0.05, 0.1) is 13.7 Å². The summed E-state index contributed by atoms with van der Waals surface area (Å²) in [5.74, 6) is 0.328. The Morgan fingerprint density at radius 3 is 2.16 bits per heavy atom. The van der Waals surface area contributed by atoms with E-state index >= 15 is 0 Å². The number of allylic oxidation sites excluding steroid dienone is 3. The Bertz CT molecular complexity index is 2370. The number of rotatable bonds is 21. The van der Waals surface area contributed by atoms with Gasteiger partial charge in [0.2, 0.25) is 0 Å². The Balaban J connectivity index is 0.00000771. The molecule has 0 N–H and O–H groups in total. The van der Waals surface area contributed by atoms with Gasteiger partial charge in [0.1, 0.15) is 5.92 Å². The van der Waals surface area contributed by atoms with Gasteiger partial charge >= 0.3 is 29.0 Å². The van der Waals surface area contributed by atoms with Crippen molar-refractivity contribution < 1.29 is 19.1 Å². The molecule has 0 spiro atoms. The van der Waals surface area contributed by atoms with Crippen molar-refractivity contribution in [2.45, 2.75) is 146 Å². The molecule has 9 heteroatoms. The third-order valence-corrected chi connectivity index (χ3v) is 14.2. The van der Waals surface area contributed by atoms with Gasteiger partial charge in [-0.2, -0.15) is 11.4 Å². The first-order valence-electron chi connectivity index (χ1n) is 24.0. The topological polar surface area (TPSA) is 109 Å². The maximum Gasteiger partial charge on any atom is 2.00 e. The van der Waals surface area contributed by atoms with Gasteiger partial charge in [0.15, 0.2) is 5.78 Å². The van der Waals surface area contributed by atoms with Crippen LogP contribution in [-0.2, 0) is 20.7 Å². The fourth-order valence-electron chi connectivity index (χ4n) is 10.1. The number of carbonyl (C=O) groups excluding carboxylic acids is 2. The molecule has 0 amide bonds. The van der Waals surface area contributed by atoms with Gasteiger partial charge in [-0.05, 0) is 95.0 Å². The molecule has 0 unspecified atom stereocenters. The molecule has 0 radical (unpaired) electrons. The number of nitrogens with zero attached hydrogens (tertiary/aromatic N) is 4. The zero-order valence-corrected chi connectivity index (χ0v) is 42.5. The largest absolute Gasteiger partial charge is 2.00 e. The van der Waals surface area contributed by atoms with E-state index in [9.17, 15) is 9.59 Å². The van der Waals surface area contributed by atoms with Crippen LogP contribution in [0.25, 0.3) is 35.2 Å². The first kappa shape index (κ1) is 51.2. The summed E-state index contributed by atoms with van der Waals surface area (Å²) >= 11 is 0. The maximum atomic E-state index is 14.4. The Kier molecular flexibility index (Phi) is 18.5. The van der Waals surface area contributed by atoms with Crippen molar-refractivity contribution in [2.24, 2.45) is 35.5 Å². The molecule has 5 heterocycles. The van der Waals surface area contributed by atoms with Crippen LogP contribution in [0.4, 0.5) is 0 Å². The standard InChI is InChI=1S/C55H75N4O4.Mg/c1-13-40-36(8)43-29-45-38(10)42(25-18-27-63-28-26-35(7)24-17-23-34(6)22-16-21-33(5)20-15-19-32(3)4)52(58-45)50-51(55(61)62-12)54(60)49-39(11)46(59-53(49)50)31-48-41(14-2)37(9)44(57-48)30-47(40)56-43;/h13,26,29-34,38,42,51H,1,14-25,27-28H2,2-12H3,(H-,58,59,60);/q-3;+2/p-1/b35-26+,44-30-,45-29-,48-31-;/t33-,34-,38+,42+,51-;/m1./s1. The number of carbonyl (C=O) groups is 2. The van der Waals surface area contributed by atoms with Crippen molar-refractivity contribution in [1.29, 1.82) is 0 Å². The van der Waals surface area contributed by atoms with Crippen LogP contribution < -0.4 is 25.7 Å². The number of fused-ring (bicyclic) bond motifs is 7. The molecule has 8 bridgehead atoms. The minimum absolute atomic E-state index is 0. The SMILES string of the molecule is C=Cc1c2[n-]c(c1C)/C=C1\[N-]/C(=C3\c4[n-]c(c(C)c4C(=O)[C@@H]3C(=O)OC)/C=c3\[n-]/c(c(C)c3CC)=C\2)[C@@H](CCCOC/C=C(\C)CCC[C@H](C)CCC[C@H](C)CCCC(C)C)[C@@H]1C.[Mg+2]. The third kappa shape index (κ3) is 11.4. The van der Waals surface area contributed by atoms with E-state index in [4.69, 9.17) is 29.7 Å². The Hall–Kier alpha value is -3.79. The number of ketones is 1. The molecule has 1 saturated heterocycles. The summed E-state index contributed by atoms with van der Waals surface area (Å²) in [5, 5.41) is 6.99. The minimum Gasteiger partial charge on any atom is -0.664 e. The Morgan fingerprint density at radius 1 is 0.844 bits per heavy atom. The first-order valence-corrected chi connectivity index (χ1v) is 24.0. The van der Waals surface area contributed by atoms with Gasteiger partial charge in [-0.3, -0.25) is 9.59 Å². The molecular formula is C55H74MgN4O4-2. The second kappa shape index (κ2) is 23.1. The molecule has 1 aliphatic carbocycles. The van der Waals surface area contributed by atoms with Gasteiger partial charge in [0.25, 0.3) is 0 Å². The zero-order chi connectivity index (χ0) is 45.5. The average molecular weight is 880 g/mol. The van der Waals surface area contributed by atoms with Crippen molar-refractivity contribution in [1.82, 2.24) is 15.0 Å². The van der Waals surface area contributed by atoms with Crippen LogP contribution in [0.15, 0.2) is 29.6 Å². The first-order chi connectivity index (χ1) is 30.2. The summed E-state index contributed by atoms with van der Waals surface area (Å²) in [6, 6.07) is 0. The average Bonchev–Trinajstić information content (AvgIpc) is 3.99. The summed E-state index contributed by atoms with van der Waals surface area (Å²) in [4.78, 5) is 43.3. The van der Waals surface area contributed by atoms with Gasteiger partial charge < -0.3 is 29.7 Å². The third-order valence-electron chi connectivity index (χ3n) is 14.2. The van der Waals surface area contributed by atoms with Crippen molar-refractivity contribution in [3.05, 3.63) is 102 Å². The molecular weight excluding hydrogens is 805 g/mol. The van der Waals surface area contributed by atoms with E-state index in [0.717, 1.165) is 105 Å². The molecule has 1 fully saturated rings. The number of hydrogen-bond donors (Lipinski definition) is 0. The van der Waals surface area contributed by atoms with E-state index in [0.29, 0.717) is 35.7 Å². The Labute approximate surface area is 400 Å². The summed E-state index contributed by atoms with van der Waals surface area (Å²) in [6.07, 6.45) is 24.3. The second-order valence-corrected chi connectivity index (χ2v) is 19.4. The normalized spacial score (nSPS) is 21.9. The van der Waals surface area contributed by atoms with Crippen LogP contribution in [0.2, 0.25) is 0 Å². The fourth-order valence-corrected chi connectivity index (χ4v) is 10.1. The number of hydrogen-bond acceptors (Lipinski definition) is 4. The molecule has 64 heavy (non-hydrogen) atoms. The summed E-state index contributed by atoms with van der Waals surface area (Å²) in [6.45, 7) is 27.4. The summed E-state index contributed by atoms with van der Waals surface area (Å²) in [7, 11) is 1.34. The monoisotopic (exact) mass is 879 g/mol.